The van der Waals surface area contributed by atoms with Crippen LogP contribution in [-0.2, 0) is 23.8 Å². The van der Waals surface area contributed by atoms with Crippen LogP contribution < -0.4 is 0 Å². The van der Waals surface area contributed by atoms with Gasteiger partial charge in [0.15, 0.2) is 0 Å². The monoisotopic (exact) mass is 294 g/mol. The van der Waals surface area contributed by atoms with Crippen molar-refractivity contribution in [3.05, 3.63) is 24.3 Å². The third-order valence-electron chi connectivity index (χ3n) is 1.76. The normalized spacial score (nSPS) is 8.19. The van der Waals surface area contributed by atoms with Gasteiger partial charge in [-0.3, -0.25) is 0 Å². The van der Waals surface area contributed by atoms with Gasteiger partial charge in [0, 0.05) is 20.1 Å². The number of rotatable bonds is 7. The van der Waals surface area contributed by atoms with Gasteiger partial charge in [0.2, 0.25) is 0 Å². The molecule has 0 aliphatic rings. The Labute approximate surface area is 124 Å². The van der Waals surface area contributed by atoms with Crippen molar-refractivity contribution in [1.82, 2.24) is 0 Å². The number of esters is 2. The van der Waals surface area contributed by atoms with Crippen LogP contribution in [0.5, 0.6) is 0 Å². The molecule has 0 aromatic heterocycles. The predicted octanol–water partition coefficient (Wildman–Crippen LogP) is 1.28. The van der Waals surface area contributed by atoms with Crippen molar-refractivity contribution in [3.8, 4) is 12.1 Å². The Morgan fingerprint density at radius 1 is 1.00 bits per heavy atom. The third-order valence-corrected chi connectivity index (χ3v) is 1.76. The molecular weight excluding hydrogens is 276 g/mol. The fraction of sp³-hybridized carbons (Fsp3) is 0.429. The van der Waals surface area contributed by atoms with Gasteiger partial charge in [-0.05, 0) is 6.92 Å². The second kappa shape index (κ2) is 13.8. The van der Waals surface area contributed by atoms with Crippen LogP contribution in [0, 0.1) is 22.7 Å². The van der Waals surface area contributed by atoms with E-state index in [1.54, 1.807) is 26.2 Å². The Kier molecular flexibility index (Phi) is 13.6. The molecule has 0 fully saturated rings. The predicted molar refractivity (Wildman–Crippen MR) is 73.6 cm³/mol. The van der Waals surface area contributed by atoms with Gasteiger partial charge in [0.05, 0.1) is 13.2 Å². The van der Waals surface area contributed by atoms with Crippen LogP contribution in [-0.4, -0.2) is 38.9 Å². The summed E-state index contributed by atoms with van der Waals surface area (Å²) in [6, 6.07) is 3.19. The molecule has 0 heterocycles. The molecule has 0 radical (unpaired) electrons. The standard InChI is InChI=1S/C8H11NO3.C6H7NO2/c1-7(6-9)8(10)12-5-3-4-11-2;1-3-9-6(8)5(2)4-7/h1,3-5H2,2H3;2-3H2,1H3. The molecule has 7 nitrogen and oxygen atoms in total. The van der Waals surface area contributed by atoms with E-state index in [0.29, 0.717) is 13.0 Å². The molecule has 0 aromatic carbocycles. The lowest BCUT2D eigenvalue weighted by molar-refractivity contribution is -0.139. The summed E-state index contributed by atoms with van der Waals surface area (Å²) in [4.78, 5) is 21.2. The fourth-order valence-electron chi connectivity index (χ4n) is 0.765. The Morgan fingerprint density at radius 2 is 1.48 bits per heavy atom. The molecule has 0 amide bonds. The van der Waals surface area contributed by atoms with Gasteiger partial charge in [0.1, 0.15) is 23.3 Å². The van der Waals surface area contributed by atoms with E-state index in [0.717, 1.165) is 0 Å². The molecule has 0 spiro atoms. The second-order valence-electron chi connectivity index (χ2n) is 3.38. The molecule has 7 heteroatoms. The quantitative estimate of drug-likeness (QED) is 0.301. The van der Waals surface area contributed by atoms with E-state index >= 15 is 0 Å². The topological polar surface area (TPSA) is 109 Å². The molecule has 0 unspecified atom stereocenters. The molecule has 0 rings (SSSR count). The van der Waals surface area contributed by atoms with Gasteiger partial charge in [-0.25, -0.2) is 9.59 Å². The van der Waals surface area contributed by atoms with Crippen LogP contribution in [0.2, 0.25) is 0 Å². The summed E-state index contributed by atoms with van der Waals surface area (Å²) in [5.74, 6) is -1.30. The highest BCUT2D eigenvalue weighted by Crippen LogP contribution is 1.93. The maximum atomic E-state index is 10.8. The number of methoxy groups -OCH3 is 1. The van der Waals surface area contributed by atoms with Crippen molar-refractivity contribution in [1.29, 1.82) is 10.5 Å². The van der Waals surface area contributed by atoms with Gasteiger partial charge in [-0.2, -0.15) is 10.5 Å². The summed E-state index contributed by atoms with van der Waals surface area (Å²) in [6.45, 7) is 9.10. The smallest absolute Gasteiger partial charge is 0.348 e. The van der Waals surface area contributed by atoms with Crippen molar-refractivity contribution in [3.63, 3.8) is 0 Å². The number of hydrogen-bond acceptors (Lipinski definition) is 7. The van der Waals surface area contributed by atoms with Gasteiger partial charge in [-0.1, -0.05) is 13.2 Å². The van der Waals surface area contributed by atoms with Crippen molar-refractivity contribution < 1.29 is 23.8 Å². The highest BCUT2D eigenvalue weighted by molar-refractivity contribution is 5.92. The zero-order valence-electron chi connectivity index (χ0n) is 12.2. The van der Waals surface area contributed by atoms with E-state index < -0.39 is 11.9 Å². The summed E-state index contributed by atoms with van der Waals surface area (Å²) >= 11 is 0. The first-order chi connectivity index (χ1) is 9.94. The van der Waals surface area contributed by atoms with Crippen LogP contribution in [0.25, 0.3) is 0 Å². The van der Waals surface area contributed by atoms with Crippen molar-refractivity contribution >= 4 is 11.9 Å². The number of carbonyl (C=O) groups excluding carboxylic acids is 2. The zero-order chi connectivity index (χ0) is 16.7. The van der Waals surface area contributed by atoms with E-state index in [9.17, 15) is 9.59 Å². The lowest BCUT2D eigenvalue weighted by Crippen LogP contribution is -2.08. The highest BCUT2D eigenvalue weighted by atomic mass is 16.5. The number of ether oxygens (including phenoxy) is 3. The summed E-state index contributed by atoms with van der Waals surface area (Å²) in [5.41, 5.74) is -0.329. The first-order valence-electron chi connectivity index (χ1n) is 5.95. The second-order valence-corrected chi connectivity index (χ2v) is 3.38. The molecule has 0 saturated heterocycles. The maximum absolute atomic E-state index is 10.8. The summed E-state index contributed by atoms with van der Waals surface area (Å²) < 4.78 is 13.8. The summed E-state index contributed by atoms with van der Waals surface area (Å²) in [6.07, 6.45) is 0.626. The molecule has 0 atom stereocenters. The lowest BCUT2D eigenvalue weighted by atomic mass is 10.3. The molecule has 0 saturated carbocycles. The molecular formula is C14H18N2O5. The molecule has 0 N–H and O–H groups in total. The average molecular weight is 294 g/mol. The first-order valence-corrected chi connectivity index (χ1v) is 5.95. The van der Waals surface area contributed by atoms with Gasteiger partial charge in [-0.15, -0.1) is 0 Å². The van der Waals surface area contributed by atoms with E-state index in [4.69, 9.17) is 15.3 Å². The van der Waals surface area contributed by atoms with Crippen LogP contribution in [0.4, 0.5) is 0 Å². The molecule has 0 aliphatic heterocycles. The van der Waals surface area contributed by atoms with Crippen LogP contribution in [0.15, 0.2) is 24.3 Å². The number of hydrogen-bond donors (Lipinski definition) is 0. The highest BCUT2D eigenvalue weighted by Gasteiger charge is 2.06. The van der Waals surface area contributed by atoms with E-state index in [-0.39, 0.29) is 24.4 Å². The SMILES string of the molecule is C=C(C#N)C(=O)OCC.C=C(C#N)C(=O)OCCCOC. The molecule has 0 aliphatic carbocycles. The minimum absolute atomic E-state index is 0.156. The maximum Gasteiger partial charge on any atom is 0.348 e. The van der Waals surface area contributed by atoms with Crippen molar-refractivity contribution in [2.75, 3.05) is 26.9 Å². The minimum Gasteiger partial charge on any atom is -0.462 e. The summed E-state index contributed by atoms with van der Waals surface area (Å²) in [5, 5.41) is 16.3. The van der Waals surface area contributed by atoms with Gasteiger partial charge in [0.25, 0.3) is 0 Å². The van der Waals surface area contributed by atoms with Gasteiger partial charge >= 0.3 is 11.9 Å². The third kappa shape index (κ3) is 12.2. The largest absolute Gasteiger partial charge is 0.462 e. The lowest BCUT2D eigenvalue weighted by Gasteiger charge is -2.01. The minimum atomic E-state index is -0.659. The van der Waals surface area contributed by atoms with Crippen LogP contribution >= 0.6 is 0 Å². The Morgan fingerprint density at radius 3 is 1.86 bits per heavy atom. The van der Waals surface area contributed by atoms with Crippen LogP contribution in [0.1, 0.15) is 13.3 Å². The van der Waals surface area contributed by atoms with Gasteiger partial charge < -0.3 is 14.2 Å². The number of nitriles is 2. The Hall–Kier alpha value is -2.64. The first kappa shape index (κ1) is 20.7. The van der Waals surface area contributed by atoms with E-state index in [1.807, 2.05) is 0 Å². The van der Waals surface area contributed by atoms with Crippen molar-refractivity contribution in [2.45, 2.75) is 13.3 Å². The fourth-order valence-corrected chi connectivity index (χ4v) is 0.765. The molecule has 0 aromatic rings. The van der Waals surface area contributed by atoms with Crippen LogP contribution in [0.3, 0.4) is 0 Å². The number of nitrogens with zero attached hydrogens (tertiary/aromatic N) is 2. The Balaban J connectivity index is 0. The van der Waals surface area contributed by atoms with Crippen molar-refractivity contribution in [2.24, 2.45) is 0 Å². The van der Waals surface area contributed by atoms with E-state index in [2.05, 4.69) is 22.6 Å². The van der Waals surface area contributed by atoms with E-state index in [1.165, 1.54) is 0 Å². The molecule has 0 bridgehead atoms. The average Bonchev–Trinajstić information content (AvgIpc) is 2.50. The Bertz CT molecular complexity index is 457. The molecule has 21 heavy (non-hydrogen) atoms. The summed E-state index contributed by atoms with van der Waals surface area (Å²) in [7, 11) is 1.57. The molecule has 114 valence electrons. The zero-order valence-corrected chi connectivity index (χ0v) is 12.2. The number of carbonyl (C=O) groups is 2.